The summed E-state index contributed by atoms with van der Waals surface area (Å²) in [7, 11) is 0. The van der Waals surface area contributed by atoms with Crippen molar-refractivity contribution in [2.75, 3.05) is 13.1 Å². The van der Waals surface area contributed by atoms with Crippen LogP contribution in [0.5, 0.6) is 0 Å². The summed E-state index contributed by atoms with van der Waals surface area (Å²) in [5.41, 5.74) is 1.54. The Bertz CT molecular complexity index is 475. The fourth-order valence-electron chi connectivity index (χ4n) is 2.76. The predicted molar refractivity (Wildman–Crippen MR) is 71.3 cm³/mol. The van der Waals surface area contributed by atoms with Crippen molar-refractivity contribution in [3.8, 4) is 0 Å². The third kappa shape index (κ3) is 3.53. The number of aliphatic carboxylic acids is 1. The fourth-order valence-corrected chi connectivity index (χ4v) is 2.76. The normalized spacial score (nSPS) is 24.4. The average Bonchev–Trinajstić information content (AvgIpc) is 2.33. The molecule has 1 aliphatic rings. The number of hydrogen-bond acceptors (Lipinski definition) is 2. The SMILES string of the molecule is Cc1ccc(CN2CC(C)CC(C(=O)O)C2)cc1F. The van der Waals surface area contributed by atoms with Crippen LogP contribution >= 0.6 is 0 Å². The summed E-state index contributed by atoms with van der Waals surface area (Å²) >= 11 is 0. The molecule has 0 aliphatic carbocycles. The van der Waals surface area contributed by atoms with Gasteiger partial charge in [0.2, 0.25) is 0 Å². The first-order valence-electron chi connectivity index (χ1n) is 6.66. The van der Waals surface area contributed by atoms with E-state index in [0.29, 0.717) is 24.6 Å². The maximum absolute atomic E-state index is 13.5. The summed E-state index contributed by atoms with van der Waals surface area (Å²) in [5, 5.41) is 9.13. The van der Waals surface area contributed by atoms with Gasteiger partial charge in [-0.1, -0.05) is 19.1 Å². The van der Waals surface area contributed by atoms with E-state index in [0.717, 1.165) is 18.5 Å². The van der Waals surface area contributed by atoms with Gasteiger partial charge in [-0.2, -0.15) is 0 Å². The molecule has 0 aromatic heterocycles. The van der Waals surface area contributed by atoms with Gasteiger partial charge in [-0.05, 0) is 36.5 Å². The highest BCUT2D eigenvalue weighted by Crippen LogP contribution is 2.23. The van der Waals surface area contributed by atoms with Crippen molar-refractivity contribution in [3.05, 3.63) is 35.1 Å². The van der Waals surface area contributed by atoms with Crippen LogP contribution in [0.4, 0.5) is 4.39 Å². The topological polar surface area (TPSA) is 40.5 Å². The molecule has 0 spiro atoms. The first-order valence-corrected chi connectivity index (χ1v) is 6.66. The minimum absolute atomic E-state index is 0.197. The Morgan fingerprint density at radius 2 is 2.21 bits per heavy atom. The fraction of sp³-hybridized carbons (Fsp3) is 0.533. The monoisotopic (exact) mass is 265 g/mol. The summed E-state index contributed by atoms with van der Waals surface area (Å²) in [6.07, 6.45) is 0.730. The zero-order chi connectivity index (χ0) is 14.0. The van der Waals surface area contributed by atoms with Crippen molar-refractivity contribution < 1.29 is 14.3 Å². The second-order valence-corrected chi connectivity index (χ2v) is 5.65. The molecule has 1 aromatic rings. The van der Waals surface area contributed by atoms with Gasteiger partial charge < -0.3 is 5.11 Å². The van der Waals surface area contributed by atoms with Crippen molar-refractivity contribution in [1.29, 1.82) is 0 Å². The first-order chi connectivity index (χ1) is 8.95. The largest absolute Gasteiger partial charge is 0.481 e. The second kappa shape index (κ2) is 5.70. The standard InChI is InChI=1S/C15H20FNO2/c1-10-5-13(15(18)19)9-17(7-10)8-12-4-3-11(2)14(16)6-12/h3-4,6,10,13H,5,7-9H2,1-2H3,(H,18,19). The van der Waals surface area contributed by atoms with E-state index >= 15 is 0 Å². The zero-order valence-corrected chi connectivity index (χ0v) is 11.4. The smallest absolute Gasteiger partial charge is 0.307 e. The Morgan fingerprint density at radius 1 is 1.47 bits per heavy atom. The van der Waals surface area contributed by atoms with E-state index in [9.17, 15) is 9.18 Å². The molecule has 2 unspecified atom stereocenters. The average molecular weight is 265 g/mol. The van der Waals surface area contributed by atoms with E-state index in [1.54, 1.807) is 19.1 Å². The lowest BCUT2D eigenvalue weighted by Gasteiger charge is -2.34. The van der Waals surface area contributed by atoms with E-state index in [1.165, 1.54) is 0 Å². The van der Waals surface area contributed by atoms with Gasteiger partial charge >= 0.3 is 5.97 Å². The Hall–Kier alpha value is -1.42. The number of benzene rings is 1. The van der Waals surface area contributed by atoms with Crippen molar-refractivity contribution in [1.82, 2.24) is 4.90 Å². The van der Waals surface area contributed by atoms with Gasteiger partial charge in [-0.25, -0.2) is 4.39 Å². The third-order valence-electron chi connectivity index (χ3n) is 3.73. The highest BCUT2D eigenvalue weighted by atomic mass is 19.1. The van der Waals surface area contributed by atoms with Gasteiger partial charge in [0.05, 0.1) is 5.92 Å². The van der Waals surface area contributed by atoms with Gasteiger partial charge in [0, 0.05) is 19.6 Å². The minimum Gasteiger partial charge on any atom is -0.481 e. The number of hydrogen-bond donors (Lipinski definition) is 1. The molecule has 1 fully saturated rings. The number of halogens is 1. The molecule has 19 heavy (non-hydrogen) atoms. The van der Waals surface area contributed by atoms with Crippen molar-refractivity contribution in [2.24, 2.45) is 11.8 Å². The number of piperidine rings is 1. The second-order valence-electron chi connectivity index (χ2n) is 5.65. The molecule has 1 aromatic carbocycles. The van der Waals surface area contributed by atoms with Crippen LogP contribution in [0.15, 0.2) is 18.2 Å². The van der Waals surface area contributed by atoms with Crippen LogP contribution < -0.4 is 0 Å². The number of aryl methyl sites for hydroxylation is 1. The number of nitrogens with zero attached hydrogens (tertiary/aromatic N) is 1. The summed E-state index contributed by atoms with van der Waals surface area (Å²) < 4.78 is 13.5. The van der Waals surface area contributed by atoms with Gasteiger partial charge in [0.1, 0.15) is 5.82 Å². The molecule has 0 bridgehead atoms. The highest BCUT2D eigenvalue weighted by molar-refractivity contribution is 5.70. The number of rotatable bonds is 3. The molecule has 0 amide bonds. The summed E-state index contributed by atoms with van der Waals surface area (Å²) in [4.78, 5) is 13.2. The number of carboxylic acid groups (broad SMARTS) is 1. The molecule has 2 rings (SSSR count). The lowest BCUT2D eigenvalue weighted by molar-refractivity contribution is -0.144. The summed E-state index contributed by atoms with van der Waals surface area (Å²) in [5.74, 6) is -0.867. The molecule has 3 nitrogen and oxygen atoms in total. The van der Waals surface area contributed by atoms with E-state index in [4.69, 9.17) is 5.11 Å². The van der Waals surface area contributed by atoms with Crippen molar-refractivity contribution in [2.45, 2.75) is 26.8 Å². The Kier molecular flexibility index (Phi) is 4.20. The Balaban J connectivity index is 2.05. The molecule has 1 saturated heterocycles. The van der Waals surface area contributed by atoms with Gasteiger partial charge in [-0.15, -0.1) is 0 Å². The molecule has 1 heterocycles. The molecule has 0 radical (unpaired) electrons. The molecule has 1 N–H and O–H groups in total. The first kappa shape index (κ1) is 14.0. The number of carbonyl (C=O) groups is 1. The quantitative estimate of drug-likeness (QED) is 0.913. The van der Waals surface area contributed by atoms with Gasteiger partial charge in [-0.3, -0.25) is 9.69 Å². The van der Waals surface area contributed by atoms with Crippen LogP contribution in [0.2, 0.25) is 0 Å². The van der Waals surface area contributed by atoms with Crippen LogP contribution in [0.3, 0.4) is 0 Å². The van der Waals surface area contributed by atoms with Gasteiger partial charge in [0.15, 0.2) is 0 Å². The molecule has 104 valence electrons. The highest BCUT2D eigenvalue weighted by Gasteiger charge is 2.29. The van der Waals surface area contributed by atoms with E-state index < -0.39 is 5.97 Å². The van der Waals surface area contributed by atoms with Crippen molar-refractivity contribution >= 4 is 5.97 Å². The van der Waals surface area contributed by atoms with E-state index in [2.05, 4.69) is 11.8 Å². The maximum atomic E-state index is 13.5. The number of carboxylic acids is 1. The third-order valence-corrected chi connectivity index (χ3v) is 3.73. The zero-order valence-electron chi connectivity index (χ0n) is 11.4. The maximum Gasteiger partial charge on any atom is 0.307 e. The van der Waals surface area contributed by atoms with E-state index in [-0.39, 0.29) is 11.7 Å². The van der Waals surface area contributed by atoms with Crippen LogP contribution in [0, 0.1) is 24.6 Å². The molecule has 1 aliphatic heterocycles. The van der Waals surface area contributed by atoms with Crippen LogP contribution in [0.25, 0.3) is 0 Å². The molecule has 0 saturated carbocycles. The van der Waals surface area contributed by atoms with Crippen LogP contribution in [-0.2, 0) is 11.3 Å². The molecular formula is C15H20FNO2. The molecular weight excluding hydrogens is 245 g/mol. The molecule has 2 atom stereocenters. The Morgan fingerprint density at radius 3 is 2.84 bits per heavy atom. The summed E-state index contributed by atoms with van der Waals surface area (Å²) in [6, 6.07) is 5.23. The molecule has 4 heteroatoms. The minimum atomic E-state index is -0.730. The number of likely N-dealkylation sites (tertiary alicyclic amines) is 1. The summed E-state index contributed by atoms with van der Waals surface area (Å²) in [6.45, 7) is 5.85. The Labute approximate surface area is 113 Å². The van der Waals surface area contributed by atoms with Crippen molar-refractivity contribution in [3.63, 3.8) is 0 Å². The lowest BCUT2D eigenvalue weighted by atomic mass is 9.90. The lowest BCUT2D eigenvalue weighted by Crippen LogP contribution is -2.41. The van der Waals surface area contributed by atoms with Crippen LogP contribution in [0.1, 0.15) is 24.5 Å². The van der Waals surface area contributed by atoms with Crippen LogP contribution in [-0.4, -0.2) is 29.1 Å². The van der Waals surface area contributed by atoms with Gasteiger partial charge in [0.25, 0.3) is 0 Å². The van der Waals surface area contributed by atoms with E-state index in [1.807, 2.05) is 6.07 Å². The predicted octanol–water partition coefficient (Wildman–Crippen LogP) is 2.68.